The van der Waals surface area contributed by atoms with Crippen LogP contribution in [0.1, 0.15) is 11.4 Å². The molecule has 1 heterocycles. The molecular weight excluding hydrogens is 521 g/mol. The molecule has 3 aromatic rings. The number of nitrogens with one attached hydrogen (secondary N) is 2. The summed E-state index contributed by atoms with van der Waals surface area (Å²) < 4.78 is 16.4. The lowest BCUT2D eigenvalue weighted by Gasteiger charge is -2.22. The van der Waals surface area contributed by atoms with Gasteiger partial charge in [0, 0.05) is 26.2 Å². The molecular formula is C23H30IN5O3. The summed E-state index contributed by atoms with van der Waals surface area (Å²) in [7, 11) is 8.53. The summed E-state index contributed by atoms with van der Waals surface area (Å²) in [5, 5.41) is 3.37. The summed E-state index contributed by atoms with van der Waals surface area (Å²) in [6.07, 6.45) is 1.85. The molecule has 0 amide bonds. The average Bonchev–Trinajstić information content (AvgIpc) is 3.27. The van der Waals surface area contributed by atoms with Crippen molar-refractivity contribution in [2.75, 3.05) is 35.4 Å². The predicted octanol–water partition coefficient (Wildman–Crippen LogP) is 3.93. The summed E-state index contributed by atoms with van der Waals surface area (Å²) in [5.41, 5.74) is 3.02. The lowest BCUT2D eigenvalue weighted by atomic mass is 10.1. The number of hydrogen-bond acceptors (Lipinski definition) is 5. The van der Waals surface area contributed by atoms with E-state index in [1.165, 1.54) is 0 Å². The molecule has 2 aromatic carbocycles. The standard InChI is InChI=1S/C23H29N5O3.HI/c1-24-23(26-13-17-11-12-19(29-3)22(31-5)21(17)30-4)28(2)15-20-25-14-18(27-20)16-9-7-6-8-10-16;/h6-12,14H,13,15H2,1-5H3,(H,24,26)(H,25,27);1H. The highest BCUT2D eigenvalue weighted by molar-refractivity contribution is 14.0. The molecule has 2 N–H and O–H groups in total. The van der Waals surface area contributed by atoms with Crippen molar-refractivity contribution < 1.29 is 14.2 Å². The van der Waals surface area contributed by atoms with Gasteiger partial charge in [0.25, 0.3) is 0 Å². The smallest absolute Gasteiger partial charge is 0.203 e. The molecule has 0 aliphatic rings. The molecule has 0 spiro atoms. The van der Waals surface area contributed by atoms with Crippen LogP contribution in [0.5, 0.6) is 17.2 Å². The molecule has 0 bridgehead atoms. The number of halogens is 1. The SMILES string of the molecule is CN=C(NCc1ccc(OC)c(OC)c1OC)N(C)Cc1ncc(-c2ccccc2)[nH]1.I. The molecule has 32 heavy (non-hydrogen) atoms. The number of imidazole rings is 1. The Morgan fingerprint density at radius 3 is 2.38 bits per heavy atom. The van der Waals surface area contributed by atoms with E-state index < -0.39 is 0 Å². The Bertz CT molecular complexity index is 1020. The Morgan fingerprint density at radius 2 is 1.75 bits per heavy atom. The van der Waals surface area contributed by atoms with Gasteiger partial charge >= 0.3 is 0 Å². The number of aromatic nitrogens is 2. The quantitative estimate of drug-likeness (QED) is 0.251. The van der Waals surface area contributed by atoms with Gasteiger partial charge in [-0.25, -0.2) is 4.98 Å². The summed E-state index contributed by atoms with van der Waals surface area (Å²) in [4.78, 5) is 14.3. The number of rotatable bonds is 8. The van der Waals surface area contributed by atoms with Crippen molar-refractivity contribution in [3.05, 3.63) is 60.0 Å². The van der Waals surface area contributed by atoms with Gasteiger partial charge in [-0.2, -0.15) is 0 Å². The lowest BCUT2D eigenvalue weighted by Crippen LogP contribution is -2.38. The monoisotopic (exact) mass is 551 g/mol. The molecule has 0 unspecified atom stereocenters. The van der Waals surface area contributed by atoms with E-state index in [-0.39, 0.29) is 24.0 Å². The van der Waals surface area contributed by atoms with Gasteiger partial charge in [-0.3, -0.25) is 4.99 Å². The second-order valence-corrected chi connectivity index (χ2v) is 6.86. The van der Waals surface area contributed by atoms with Crippen LogP contribution in [0.4, 0.5) is 0 Å². The van der Waals surface area contributed by atoms with Gasteiger partial charge in [0.1, 0.15) is 5.82 Å². The summed E-state index contributed by atoms with van der Waals surface area (Å²) in [6.45, 7) is 1.09. The van der Waals surface area contributed by atoms with Crippen molar-refractivity contribution in [1.82, 2.24) is 20.2 Å². The van der Waals surface area contributed by atoms with Crippen molar-refractivity contribution in [2.24, 2.45) is 4.99 Å². The number of hydrogen-bond donors (Lipinski definition) is 2. The zero-order chi connectivity index (χ0) is 22.2. The fraction of sp³-hybridized carbons (Fsp3) is 0.304. The summed E-state index contributed by atoms with van der Waals surface area (Å²) in [5.74, 6) is 3.40. The van der Waals surface area contributed by atoms with E-state index >= 15 is 0 Å². The molecule has 172 valence electrons. The second kappa shape index (κ2) is 12.2. The van der Waals surface area contributed by atoms with Crippen LogP contribution in [-0.4, -0.2) is 56.3 Å². The molecule has 0 fully saturated rings. The highest BCUT2D eigenvalue weighted by atomic mass is 127. The van der Waals surface area contributed by atoms with Crippen molar-refractivity contribution in [3.8, 4) is 28.5 Å². The van der Waals surface area contributed by atoms with E-state index in [4.69, 9.17) is 14.2 Å². The number of guanidine groups is 1. The van der Waals surface area contributed by atoms with Gasteiger partial charge in [0.15, 0.2) is 17.5 Å². The van der Waals surface area contributed by atoms with Crippen molar-refractivity contribution >= 4 is 29.9 Å². The predicted molar refractivity (Wildman–Crippen MR) is 137 cm³/mol. The average molecular weight is 551 g/mol. The molecule has 3 rings (SSSR count). The van der Waals surface area contributed by atoms with Crippen LogP contribution in [0.15, 0.2) is 53.7 Å². The van der Waals surface area contributed by atoms with Gasteiger partial charge in [-0.15, -0.1) is 24.0 Å². The topological polar surface area (TPSA) is 84.0 Å². The van der Waals surface area contributed by atoms with E-state index in [2.05, 4.69) is 32.4 Å². The van der Waals surface area contributed by atoms with Crippen LogP contribution in [0.3, 0.4) is 0 Å². The Labute approximate surface area is 206 Å². The zero-order valence-corrected chi connectivity index (χ0v) is 21.3. The first-order valence-electron chi connectivity index (χ1n) is 9.90. The highest BCUT2D eigenvalue weighted by Crippen LogP contribution is 2.39. The van der Waals surface area contributed by atoms with Crippen LogP contribution < -0.4 is 19.5 Å². The maximum Gasteiger partial charge on any atom is 0.203 e. The Balaban J connectivity index is 0.00000363. The number of H-pyrrole nitrogens is 1. The largest absolute Gasteiger partial charge is 0.493 e. The second-order valence-electron chi connectivity index (χ2n) is 6.86. The minimum Gasteiger partial charge on any atom is -0.493 e. The van der Waals surface area contributed by atoms with Crippen LogP contribution >= 0.6 is 24.0 Å². The third kappa shape index (κ3) is 5.84. The van der Waals surface area contributed by atoms with E-state index in [0.717, 1.165) is 28.6 Å². The third-order valence-electron chi connectivity index (χ3n) is 4.90. The minimum absolute atomic E-state index is 0. The van der Waals surface area contributed by atoms with E-state index in [1.54, 1.807) is 28.4 Å². The molecule has 0 radical (unpaired) electrons. The first-order valence-corrected chi connectivity index (χ1v) is 9.90. The summed E-state index contributed by atoms with van der Waals surface area (Å²) in [6, 6.07) is 13.9. The number of ether oxygens (including phenoxy) is 3. The Hall–Kier alpha value is -2.95. The van der Waals surface area contributed by atoms with Crippen LogP contribution in [-0.2, 0) is 13.1 Å². The molecule has 1 aromatic heterocycles. The molecule has 8 nitrogen and oxygen atoms in total. The Morgan fingerprint density at radius 1 is 1.03 bits per heavy atom. The molecule has 9 heteroatoms. The summed E-state index contributed by atoms with van der Waals surface area (Å²) >= 11 is 0. The molecule has 0 atom stereocenters. The van der Waals surface area contributed by atoms with Crippen molar-refractivity contribution in [3.63, 3.8) is 0 Å². The van der Waals surface area contributed by atoms with Gasteiger partial charge in [-0.05, 0) is 17.7 Å². The van der Waals surface area contributed by atoms with E-state index in [1.807, 2.05) is 48.5 Å². The number of aliphatic imine (C=N–C) groups is 1. The molecule has 0 saturated heterocycles. The van der Waals surface area contributed by atoms with Crippen molar-refractivity contribution in [2.45, 2.75) is 13.1 Å². The molecule has 0 aliphatic heterocycles. The van der Waals surface area contributed by atoms with Crippen LogP contribution in [0, 0.1) is 0 Å². The van der Waals surface area contributed by atoms with E-state index in [0.29, 0.717) is 30.3 Å². The normalized spacial score (nSPS) is 10.8. The van der Waals surface area contributed by atoms with Crippen molar-refractivity contribution in [1.29, 1.82) is 0 Å². The number of nitrogens with zero attached hydrogens (tertiary/aromatic N) is 3. The third-order valence-corrected chi connectivity index (χ3v) is 4.90. The number of aromatic amines is 1. The molecule has 0 saturated carbocycles. The fourth-order valence-corrected chi connectivity index (χ4v) is 3.37. The van der Waals surface area contributed by atoms with Gasteiger partial charge in [0.2, 0.25) is 5.75 Å². The molecule has 0 aliphatic carbocycles. The van der Waals surface area contributed by atoms with Crippen LogP contribution in [0.2, 0.25) is 0 Å². The Kier molecular flexibility index (Phi) is 9.63. The zero-order valence-electron chi connectivity index (χ0n) is 19.0. The van der Waals surface area contributed by atoms with Crippen LogP contribution in [0.25, 0.3) is 11.3 Å². The van der Waals surface area contributed by atoms with Gasteiger partial charge < -0.3 is 29.4 Å². The highest BCUT2D eigenvalue weighted by Gasteiger charge is 2.17. The first-order chi connectivity index (χ1) is 15.1. The van der Waals surface area contributed by atoms with E-state index in [9.17, 15) is 0 Å². The maximum atomic E-state index is 5.56. The first kappa shape index (κ1) is 25.3. The van der Waals surface area contributed by atoms with Gasteiger partial charge in [0.05, 0.1) is 39.8 Å². The minimum atomic E-state index is 0. The van der Waals surface area contributed by atoms with Gasteiger partial charge in [-0.1, -0.05) is 30.3 Å². The maximum absolute atomic E-state index is 5.56. The lowest BCUT2D eigenvalue weighted by molar-refractivity contribution is 0.322. The number of methoxy groups -OCH3 is 3. The fourth-order valence-electron chi connectivity index (χ4n) is 3.37. The number of benzene rings is 2.